The molecule has 0 bridgehead atoms. The van der Waals surface area contributed by atoms with Crippen LogP contribution in [-0.2, 0) is 31.8 Å². The molecule has 2 aliphatic heterocycles. The lowest BCUT2D eigenvalue weighted by atomic mass is 10.0. The Hall–Kier alpha value is -4.26. The first-order valence-electron chi connectivity index (χ1n) is 17.6. The molecule has 4 aromatic rings. The number of aryl methyl sites for hydroxylation is 2. The van der Waals surface area contributed by atoms with E-state index in [1.807, 2.05) is 24.3 Å². The van der Waals surface area contributed by atoms with Crippen LogP contribution in [0.5, 0.6) is 0 Å². The Morgan fingerprint density at radius 2 is 0.854 bits per heavy atom. The quantitative estimate of drug-likeness (QED) is 0.101. The summed E-state index contributed by atoms with van der Waals surface area (Å²) in [5.74, 6) is -0.866. The van der Waals surface area contributed by atoms with Gasteiger partial charge in [-0.25, -0.2) is 9.59 Å². The Kier molecular flexibility index (Phi) is 11.4. The van der Waals surface area contributed by atoms with Gasteiger partial charge in [0.1, 0.15) is 12.2 Å². The van der Waals surface area contributed by atoms with Crippen molar-refractivity contribution in [1.82, 2.24) is 0 Å². The number of hydrogen-bond donors (Lipinski definition) is 0. The van der Waals surface area contributed by atoms with Crippen molar-refractivity contribution in [2.75, 3.05) is 13.2 Å². The van der Waals surface area contributed by atoms with E-state index in [1.165, 1.54) is 49.7 Å². The molecule has 4 unspecified atom stereocenters. The fourth-order valence-corrected chi connectivity index (χ4v) is 6.53. The molecule has 0 aromatic heterocycles. The molecule has 4 aromatic carbocycles. The molecule has 2 aliphatic rings. The van der Waals surface area contributed by atoms with Crippen molar-refractivity contribution >= 4 is 11.9 Å². The van der Waals surface area contributed by atoms with Gasteiger partial charge in [-0.3, -0.25) is 0 Å². The van der Waals surface area contributed by atoms with Crippen LogP contribution < -0.4 is 0 Å². The summed E-state index contributed by atoms with van der Waals surface area (Å²) in [5, 5.41) is 0. The third-order valence-corrected chi connectivity index (χ3v) is 9.43. The first-order valence-corrected chi connectivity index (χ1v) is 17.6. The van der Waals surface area contributed by atoms with Gasteiger partial charge in [0.05, 0.1) is 24.3 Å². The average Bonchev–Trinajstić information content (AvgIpc) is 3.72. The summed E-state index contributed by atoms with van der Waals surface area (Å²) in [6.07, 6.45) is 7.41. The van der Waals surface area contributed by atoms with Crippen LogP contribution in [0.3, 0.4) is 0 Å². The highest BCUT2D eigenvalue weighted by molar-refractivity contribution is 5.91. The predicted molar refractivity (Wildman–Crippen MR) is 188 cm³/mol. The van der Waals surface area contributed by atoms with E-state index in [9.17, 15) is 9.59 Å². The van der Waals surface area contributed by atoms with Gasteiger partial charge in [0.15, 0.2) is 12.2 Å². The lowest BCUT2D eigenvalue weighted by Crippen LogP contribution is -2.36. The Morgan fingerprint density at radius 3 is 1.19 bits per heavy atom. The van der Waals surface area contributed by atoms with E-state index in [4.69, 9.17) is 18.9 Å². The standard InChI is InChI=1S/C42H46O6/c1-3-5-7-9-29-11-15-31(16-12-29)33-19-23-35(24-20-33)41(43)47-37-27-45-40-38(28-46-39(37)40)48-42(44)36-25-21-34(22-26-36)32-17-13-30(14-18-32)10-8-6-4-2/h11-26,37-40H,3-10,27-28H2,1-2H3. The molecule has 0 aliphatic carbocycles. The summed E-state index contributed by atoms with van der Waals surface area (Å²) in [7, 11) is 0. The third kappa shape index (κ3) is 8.23. The van der Waals surface area contributed by atoms with Gasteiger partial charge in [0, 0.05) is 0 Å². The Bertz CT molecular complexity index is 1500. The third-order valence-electron chi connectivity index (χ3n) is 9.43. The van der Waals surface area contributed by atoms with E-state index in [1.54, 1.807) is 24.3 Å². The Labute approximate surface area is 284 Å². The molecular formula is C42H46O6. The summed E-state index contributed by atoms with van der Waals surface area (Å²) in [6, 6.07) is 32.2. The molecule has 0 radical (unpaired) electrons. The molecule has 48 heavy (non-hydrogen) atoms. The number of unbranched alkanes of at least 4 members (excludes halogenated alkanes) is 4. The molecule has 0 saturated carbocycles. The molecule has 2 fully saturated rings. The smallest absolute Gasteiger partial charge is 0.338 e. The molecule has 0 N–H and O–H groups in total. The van der Waals surface area contributed by atoms with Crippen molar-refractivity contribution in [2.45, 2.75) is 89.6 Å². The van der Waals surface area contributed by atoms with E-state index >= 15 is 0 Å². The Morgan fingerprint density at radius 1 is 0.521 bits per heavy atom. The summed E-state index contributed by atoms with van der Waals surface area (Å²) < 4.78 is 23.5. The van der Waals surface area contributed by atoms with Crippen LogP contribution in [0, 0.1) is 0 Å². The minimum atomic E-state index is -0.580. The van der Waals surface area contributed by atoms with Crippen molar-refractivity contribution in [1.29, 1.82) is 0 Å². The van der Waals surface area contributed by atoms with E-state index in [0.29, 0.717) is 11.1 Å². The van der Waals surface area contributed by atoms with E-state index in [-0.39, 0.29) is 13.2 Å². The van der Waals surface area contributed by atoms with Crippen LogP contribution in [0.2, 0.25) is 0 Å². The maximum absolute atomic E-state index is 13.0. The van der Waals surface area contributed by atoms with Crippen molar-refractivity contribution in [3.63, 3.8) is 0 Å². The van der Waals surface area contributed by atoms with Crippen LogP contribution in [0.25, 0.3) is 22.3 Å². The lowest BCUT2D eigenvalue weighted by Gasteiger charge is -2.17. The average molecular weight is 647 g/mol. The zero-order chi connectivity index (χ0) is 33.3. The second kappa shape index (κ2) is 16.2. The number of fused-ring (bicyclic) bond motifs is 1. The highest BCUT2D eigenvalue weighted by Crippen LogP contribution is 2.32. The zero-order valence-corrected chi connectivity index (χ0v) is 28.1. The lowest BCUT2D eigenvalue weighted by molar-refractivity contribution is -0.0287. The molecule has 6 rings (SSSR count). The van der Waals surface area contributed by atoms with Gasteiger partial charge >= 0.3 is 11.9 Å². The molecular weight excluding hydrogens is 600 g/mol. The molecule has 4 atom stereocenters. The minimum absolute atomic E-state index is 0.184. The van der Waals surface area contributed by atoms with Crippen LogP contribution in [0.4, 0.5) is 0 Å². The molecule has 0 spiro atoms. The van der Waals surface area contributed by atoms with Gasteiger partial charge in [-0.05, 0) is 83.3 Å². The minimum Gasteiger partial charge on any atom is -0.453 e. The first-order chi connectivity index (χ1) is 23.5. The largest absolute Gasteiger partial charge is 0.453 e. The maximum atomic E-state index is 13.0. The molecule has 2 saturated heterocycles. The number of carbonyl (C=O) groups is 2. The first kappa shape index (κ1) is 33.6. The molecule has 250 valence electrons. The van der Waals surface area contributed by atoms with Crippen molar-refractivity contribution in [2.24, 2.45) is 0 Å². The highest BCUT2D eigenvalue weighted by atomic mass is 16.7. The summed E-state index contributed by atoms with van der Waals surface area (Å²) >= 11 is 0. The number of rotatable bonds is 14. The zero-order valence-electron chi connectivity index (χ0n) is 28.1. The van der Waals surface area contributed by atoms with E-state index in [2.05, 4.69) is 62.4 Å². The summed E-state index contributed by atoms with van der Waals surface area (Å²) in [4.78, 5) is 26.1. The van der Waals surface area contributed by atoms with Gasteiger partial charge in [-0.2, -0.15) is 0 Å². The van der Waals surface area contributed by atoms with Gasteiger partial charge in [0.2, 0.25) is 0 Å². The van der Waals surface area contributed by atoms with Crippen molar-refractivity contribution in [3.05, 3.63) is 119 Å². The normalized spacial score (nSPS) is 20.0. The summed E-state index contributed by atoms with van der Waals surface area (Å²) in [5.41, 5.74) is 7.93. The van der Waals surface area contributed by atoms with Crippen LogP contribution >= 0.6 is 0 Å². The van der Waals surface area contributed by atoms with Crippen molar-refractivity contribution in [3.8, 4) is 22.3 Å². The van der Waals surface area contributed by atoms with Crippen LogP contribution in [0.15, 0.2) is 97.1 Å². The number of hydrogen-bond acceptors (Lipinski definition) is 6. The van der Waals surface area contributed by atoms with E-state index < -0.39 is 36.4 Å². The molecule has 6 heteroatoms. The number of esters is 2. The molecule has 2 heterocycles. The SMILES string of the molecule is CCCCCc1ccc(-c2ccc(C(=O)OC3COC4C(OC(=O)c5ccc(-c6ccc(CCCCC)cc6)cc5)COC34)cc2)cc1. The number of benzene rings is 4. The topological polar surface area (TPSA) is 71.1 Å². The van der Waals surface area contributed by atoms with Gasteiger partial charge in [-0.1, -0.05) is 112 Å². The number of ether oxygens (including phenoxy) is 4. The van der Waals surface area contributed by atoms with E-state index in [0.717, 1.165) is 35.1 Å². The fourth-order valence-electron chi connectivity index (χ4n) is 6.53. The maximum Gasteiger partial charge on any atom is 0.338 e. The predicted octanol–water partition coefficient (Wildman–Crippen LogP) is 9.03. The van der Waals surface area contributed by atoms with Crippen LogP contribution in [-0.4, -0.2) is 49.6 Å². The number of carbonyl (C=O) groups excluding carboxylic acids is 2. The summed E-state index contributed by atoms with van der Waals surface area (Å²) in [6.45, 7) is 4.80. The van der Waals surface area contributed by atoms with Crippen molar-refractivity contribution < 1.29 is 28.5 Å². The molecule has 6 nitrogen and oxygen atoms in total. The Balaban J connectivity index is 0.985. The van der Waals surface area contributed by atoms with Crippen LogP contribution in [0.1, 0.15) is 84.2 Å². The fraction of sp³-hybridized carbons (Fsp3) is 0.381. The van der Waals surface area contributed by atoms with Gasteiger partial charge in [0.25, 0.3) is 0 Å². The van der Waals surface area contributed by atoms with Gasteiger partial charge in [-0.15, -0.1) is 0 Å². The monoisotopic (exact) mass is 646 g/mol. The van der Waals surface area contributed by atoms with Gasteiger partial charge < -0.3 is 18.9 Å². The molecule has 0 amide bonds. The second-order valence-corrected chi connectivity index (χ2v) is 12.9. The second-order valence-electron chi connectivity index (χ2n) is 12.9. The highest BCUT2D eigenvalue weighted by Gasteiger charge is 2.51.